The standard InChI is InChI=1S/C11H18N2O5/c12-7(6-1-2-6)5-9(14)13-8(11(17)18)3-4-10(15)16/h6-8H,1-5,12H2,(H,13,14)(H,15,16)(H,17,18). The van der Waals surface area contributed by atoms with Gasteiger partial charge in [0, 0.05) is 18.9 Å². The largest absolute Gasteiger partial charge is 0.481 e. The van der Waals surface area contributed by atoms with Crippen LogP contribution >= 0.6 is 0 Å². The summed E-state index contributed by atoms with van der Waals surface area (Å²) in [5, 5.41) is 19.6. The Kier molecular flexibility index (Phi) is 5.08. The van der Waals surface area contributed by atoms with Crippen molar-refractivity contribution >= 4 is 17.8 Å². The number of hydrogen-bond acceptors (Lipinski definition) is 4. The number of rotatable bonds is 8. The van der Waals surface area contributed by atoms with E-state index < -0.39 is 23.9 Å². The van der Waals surface area contributed by atoms with E-state index in [9.17, 15) is 14.4 Å². The van der Waals surface area contributed by atoms with Crippen LogP contribution in [-0.2, 0) is 14.4 Å². The van der Waals surface area contributed by atoms with Crippen LogP contribution in [0.5, 0.6) is 0 Å². The van der Waals surface area contributed by atoms with Crippen LogP contribution < -0.4 is 11.1 Å². The van der Waals surface area contributed by atoms with Crippen LogP contribution in [0.1, 0.15) is 32.1 Å². The van der Waals surface area contributed by atoms with Gasteiger partial charge in [0.05, 0.1) is 0 Å². The summed E-state index contributed by atoms with van der Waals surface area (Å²) in [6, 6.07) is -1.40. The number of carboxylic acids is 2. The Hall–Kier alpha value is -1.63. The molecule has 1 saturated carbocycles. The van der Waals surface area contributed by atoms with Crippen LogP contribution in [0, 0.1) is 5.92 Å². The van der Waals surface area contributed by atoms with Gasteiger partial charge in [0.15, 0.2) is 0 Å². The molecule has 0 saturated heterocycles. The van der Waals surface area contributed by atoms with Crippen molar-refractivity contribution in [1.29, 1.82) is 0 Å². The molecule has 18 heavy (non-hydrogen) atoms. The topological polar surface area (TPSA) is 130 Å². The van der Waals surface area contributed by atoms with Crippen LogP contribution in [0.2, 0.25) is 0 Å². The molecule has 0 aromatic rings. The Bertz CT molecular complexity index is 340. The number of carboxylic acid groups (broad SMARTS) is 2. The minimum absolute atomic E-state index is 0.0848. The first kappa shape index (κ1) is 14.4. The van der Waals surface area contributed by atoms with Gasteiger partial charge in [0.1, 0.15) is 6.04 Å². The Balaban J connectivity index is 2.36. The van der Waals surface area contributed by atoms with Crippen LogP contribution in [0.3, 0.4) is 0 Å². The average Bonchev–Trinajstić information content (AvgIpc) is 3.06. The summed E-state index contributed by atoms with van der Waals surface area (Å²) in [6.07, 6.45) is 1.67. The molecule has 102 valence electrons. The molecule has 1 aliphatic rings. The molecular formula is C11H18N2O5. The van der Waals surface area contributed by atoms with Gasteiger partial charge in [-0.2, -0.15) is 0 Å². The Morgan fingerprint density at radius 3 is 2.33 bits per heavy atom. The number of carbonyl (C=O) groups excluding carboxylic acids is 1. The summed E-state index contributed by atoms with van der Waals surface area (Å²) in [7, 11) is 0. The normalized spacial score (nSPS) is 17.8. The highest BCUT2D eigenvalue weighted by atomic mass is 16.4. The summed E-state index contributed by atoms with van der Waals surface area (Å²) in [4.78, 5) is 32.7. The molecule has 1 amide bonds. The van der Waals surface area contributed by atoms with Gasteiger partial charge in [-0.05, 0) is 25.2 Å². The van der Waals surface area contributed by atoms with E-state index in [-0.39, 0.29) is 25.3 Å². The molecule has 1 fully saturated rings. The fourth-order valence-electron chi connectivity index (χ4n) is 1.68. The first-order valence-corrected chi connectivity index (χ1v) is 5.89. The third kappa shape index (κ3) is 5.13. The quantitative estimate of drug-likeness (QED) is 0.466. The second kappa shape index (κ2) is 6.34. The van der Waals surface area contributed by atoms with Crippen molar-refractivity contribution in [2.75, 3.05) is 0 Å². The number of hydrogen-bond donors (Lipinski definition) is 4. The van der Waals surface area contributed by atoms with Crippen LogP contribution in [0.25, 0.3) is 0 Å². The van der Waals surface area contributed by atoms with Crippen molar-refractivity contribution in [3.05, 3.63) is 0 Å². The van der Waals surface area contributed by atoms with E-state index in [1.165, 1.54) is 0 Å². The van der Waals surface area contributed by atoms with E-state index >= 15 is 0 Å². The highest BCUT2D eigenvalue weighted by Gasteiger charge is 2.30. The second-order valence-corrected chi connectivity index (χ2v) is 4.60. The lowest BCUT2D eigenvalue weighted by atomic mass is 10.1. The maximum atomic E-state index is 11.5. The van der Waals surface area contributed by atoms with Crippen molar-refractivity contribution in [2.45, 2.75) is 44.2 Å². The van der Waals surface area contributed by atoms with E-state index in [1.54, 1.807) is 0 Å². The summed E-state index contributed by atoms with van der Waals surface area (Å²) in [5.74, 6) is -2.40. The van der Waals surface area contributed by atoms with Gasteiger partial charge in [-0.3, -0.25) is 9.59 Å². The molecule has 7 heteroatoms. The molecule has 0 aromatic carbocycles. The molecule has 0 radical (unpaired) electrons. The van der Waals surface area contributed by atoms with E-state index in [2.05, 4.69) is 5.32 Å². The zero-order chi connectivity index (χ0) is 13.7. The highest BCUT2D eigenvalue weighted by molar-refractivity contribution is 5.84. The minimum atomic E-state index is -1.23. The van der Waals surface area contributed by atoms with Crippen molar-refractivity contribution in [1.82, 2.24) is 5.32 Å². The Morgan fingerprint density at radius 1 is 1.28 bits per heavy atom. The monoisotopic (exact) mass is 258 g/mol. The predicted molar refractivity (Wildman–Crippen MR) is 61.8 cm³/mol. The number of aliphatic carboxylic acids is 2. The lowest BCUT2D eigenvalue weighted by Gasteiger charge is -2.15. The van der Waals surface area contributed by atoms with E-state index in [4.69, 9.17) is 15.9 Å². The van der Waals surface area contributed by atoms with Crippen molar-refractivity contribution in [3.8, 4) is 0 Å². The lowest BCUT2D eigenvalue weighted by molar-refractivity contribution is -0.143. The number of carbonyl (C=O) groups is 3. The Labute approximate surface area is 104 Å². The zero-order valence-electron chi connectivity index (χ0n) is 9.96. The van der Waals surface area contributed by atoms with Gasteiger partial charge in [0.2, 0.25) is 5.91 Å². The van der Waals surface area contributed by atoms with Crippen LogP contribution in [0.15, 0.2) is 0 Å². The molecule has 0 bridgehead atoms. The number of nitrogens with two attached hydrogens (primary N) is 1. The van der Waals surface area contributed by atoms with Crippen molar-refractivity contribution < 1.29 is 24.6 Å². The van der Waals surface area contributed by atoms with Crippen molar-refractivity contribution in [2.24, 2.45) is 11.7 Å². The fraction of sp³-hybridized carbons (Fsp3) is 0.727. The first-order valence-electron chi connectivity index (χ1n) is 5.89. The first-order chi connectivity index (χ1) is 8.40. The zero-order valence-corrected chi connectivity index (χ0v) is 9.96. The SMILES string of the molecule is NC(CC(=O)NC(CCC(=O)O)C(=O)O)C1CC1. The Morgan fingerprint density at radius 2 is 1.89 bits per heavy atom. The van der Waals surface area contributed by atoms with Gasteiger partial charge in [0.25, 0.3) is 0 Å². The van der Waals surface area contributed by atoms with E-state index in [0.29, 0.717) is 5.92 Å². The number of nitrogens with one attached hydrogen (secondary N) is 1. The van der Waals surface area contributed by atoms with Gasteiger partial charge in [-0.25, -0.2) is 4.79 Å². The second-order valence-electron chi connectivity index (χ2n) is 4.60. The lowest BCUT2D eigenvalue weighted by Crippen LogP contribution is -2.43. The third-order valence-corrected chi connectivity index (χ3v) is 2.93. The maximum absolute atomic E-state index is 11.5. The summed E-state index contributed by atoms with van der Waals surface area (Å²) >= 11 is 0. The average molecular weight is 258 g/mol. The van der Waals surface area contributed by atoms with Gasteiger partial charge in [-0.1, -0.05) is 0 Å². The molecule has 0 aliphatic heterocycles. The molecule has 0 aromatic heterocycles. The smallest absolute Gasteiger partial charge is 0.326 e. The van der Waals surface area contributed by atoms with Crippen LogP contribution in [0.4, 0.5) is 0 Å². The van der Waals surface area contributed by atoms with Gasteiger partial charge >= 0.3 is 11.9 Å². The molecule has 7 nitrogen and oxygen atoms in total. The molecule has 2 atom stereocenters. The number of amides is 1. The minimum Gasteiger partial charge on any atom is -0.481 e. The van der Waals surface area contributed by atoms with Crippen LogP contribution in [-0.4, -0.2) is 40.1 Å². The molecule has 0 spiro atoms. The van der Waals surface area contributed by atoms with Gasteiger partial charge in [-0.15, -0.1) is 0 Å². The molecule has 5 N–H and O–H groups in total. The van der Waals surface area contributed by atoms with Gasteiger partial charge < -0.3 is 21.3 Å². The highest BCUT2D eigenvalue weighted by Crippen LogP contribution is 2.32. The molecular weight excluding hydrogens is 240 g/mol. The maximum Gasteiger partial charge on any atom is 0.326 e. The third-order valence-electron chi connectivity index (χ3n) is 2.93. The summed E-state index contributed by atoms with van der Waals surface area (Å²) in [6.45, 7) is 0. The molecule has 2 unspecified atom stereocenters. The predicted octanol–water partition coefficient (Wildman–Crippen LogP) is -0.452. The van der Waals surface area contributed by atoms with Crippen molar-refractivity contribution in [3.63, 3.8) is 0 Å². The molecule has 1 aliphatic carbocycles. The summed E-state index contributed by atoms with van der Waals surface area (Å²) < 4.78 is 0. The fourth-order valence-corrected chi connectivity index (χ4v) is 1.68. The van der Waals surface area contributed by atoms with E-state index in [0.717, 1.165) is 12.8 Å². The van der Waals surface area contributed by atoms with E-state index in [1.807, 2.05) is 0 Å². The summed E-state index contributed by atoms with van der Waals surface area (Å²) in [5.41, 5.74) is 5.75. The molecule has 0 heterocycles. The molecule has 1 rings (SSSR count).